The fourth-order valence-corrected chi connectivity index (χ4v) is 2.98. The Morgan fingerprint density at radius 2 is 1.92 bits per heavy atom. The van der Waals surface area contributed by atoms with Crippen molar-refractivity contribution in [1.29, 1.82) is 0 Å². The fraction of sp³-hybridized carbons (Fsp3) is 0.889. The van der Waals surface area contributed by atoms with Gasteiger partial charge in [0.15, 0.2) is 5.96 Å². The average Bonchev–Trinajstić information content (AvgIpc) is 3.40. The Bertz CT molecular complexity index is 410. The highest BCUT2D eigenvalue weighted by Crippen LogP contribution is 2.28. The van der Waals surface area contributed by atoms with Crippen LogP contribution in [-0.4, -0.2) is 62.7 Å². The standard InChI is InChI=1S/C18H34N4O2.HI/c1-3-19-18(22(2)11-12-24-14-15-9-10-15)20-13-17(23)21-16-7-5-4-6-8-16;/h15-16H,3-14H2,1-2H3,(H,19,20)(H,21,23);1H. The van der Waals surface area contributed by atoms with Gasteiger partial charge >= 0.3 is 0 Å². The van der Waals surface area contributed by atoms with E-state index in [4.69, 9.17) is 4.74 Å². The van der Waals surface area contributed by atoms with Crippen molar-refractivity contribution in [2.45, 2.75) is 57.9 Å². The van der Waals surface area contributed by atoms with E-state index >= 15 is 0 Å². The van der Waals surface area contributed by atoms with Gasteiger partial charge in [-0.1, -0.05) is 19.3 Å². The van der Waals surface area contributed by atoms with Crippen LogP contribution in [0.5, 0.6) is 0 Å². The predicted molar refractivity (Wildman–Crippen MR) is 113 cm³/mol. The summed E-state index contributed by atoms with van der Waals surface area (Å²) in [6.07, 6.45) is 8.58. The number of rotatable bonds is 9. The van der Waals surface area contributed by atoms with Crippen LogP contribution in [0.3, 0.4) is 0 Å². The van der Waals surface area contributed by atoms with Gasteiger partial charge in [-0.2, -0.15) is 0 Å². The molecule has 7 heteroatoms. The van der Waals surface area contributed by atoms with Crippen LogP contribution in [0, 0.1) is 5.92 Å². The molecule has 0 aromatic heterocycles. The van der Waals surface area contributed by atoms with Gasteiger partial charge in [0.05, 0.1) is 6.61 Å². The van der Waals surface area contributed by atoms with Crippen LogP contribution in [0.25, 0.3) is 0 Å². The molecule has 0 aliphatic heterocycles. The van der Waals surface area contributed by atoms with Crippen molar-refractivity contribution in [2.75, 3.05) is 39.9 Å². The van der Waals surface area contributed by atoms with E-state index in [9.17, 15) is 4.79 Å². The van der Waals surface area contributed by atoms with Crippen LogP contribution in [0.2, 0.25) is 0 Å². The molecule has 0 atom stereocenters. The smallest absolute Gasteiger partial charge is 0.242 e. The summed E-state index contributed by atoms with van der Waals surface area (Å²) in [4.78, 5) is 18.6. The molecule has 0 radical (unpaired) electrons. The summed E-state index contributed by atoms with van der Waals surface area (Å²) in [7, 11) is 1.99. The second-order valence-corrected chi connectivity index (χ2v) is 7.01. The highest BCUT2D eigenvalue weighted by Gasteiger charge is 2.21. The van der Waals surface area contributed by atoms with Crippen molar-refractivity contribution in [3.8, 4) is 0 Å². The molecule has 0 bridgehead atoms. The lowest BCUT2D eigenvalue weighted by molar-refractivity contribution is -0.120. The van der Waals surface area contributed by atoms with Crippen molar-refractivity contribution in [3.05, 3.63) is 0 Å². The van der Waals surface area contributed by atoms with E-state index in [0.29, 0.717) is 12.6 Å². The predicted octanol–water partition coefficient (Wildman–Crippen LogP) is 2.38. The summed E-state index contributed by atoms with van der Waals surface area (Å²) in [6.45, 7) is 5.37. The van der Waals surface area contributed by atoms with Crippen molar-refractivity contribution in [1.82, 2.24) is 15.5 Å². The van der Waals surface area contributed by atoms with Gasteiger partial charge in [-0.05, 0) is 38.5 Å². The molecule has 0 aromatic carbocycles. The van der Waals surface area contributed by atoms with Crippen LogP contribution in [0.15, 0.2) is 4.99 Å². The Hall–Kier alpha value is -0.570. The Morgan fingerprint density at radius 1 is 1.20 bits per heavy atom. The van der Waals surface area contributed by atoms with E-state index in [2.05, 4.69) is 15.6 Å². The minimum Gasteiger partial charge on any atom is -0.379 e. The molecule has 2 aliphatic carbocycles. The molecule has 25 heavy (non-hydrogen) atoms. The summed E-state index contributed by atoms with van der Waals surface area (Å²) in [5.41, 5.74) is 0. The lowest BCUT2D eigenvalue weighted by Crippen LogP contribution is -2.42. The van der Waals surface area contributed by atoms with Crippen LogP contribution in [-0.2, 0) is 9.53 Å². The molecule has 2 aliphatic rings. The number of carbonyl (C=O) groups excluding carboxylic acids is 1. The topological polar surface area (TPSA) is 66.0 Å². The number of guanidine groups is 1. The van der Waals surface area contributed by atoms with Crippen LogP contribution in [0.4, 0.5) is 0 Å². The normalized spacial score (nSPS) is 18.4. The SMILES string of the molecule is CCNC(=NCC(=O)NC1CCCCC1)N(C)CCOCC1CC1.I. The van der Waals surface area contributed by atoms with Gasteiger partial charge < -0.3 is 20.3 Å². The molecule has 146 valence electrons. The first kappa shape index (κ1) is 22.5. The van der Waals surface area contributed by atoms with Gasteiger partial charge in [0.1, 0.15) is 6.54 Å². The van der Waals surface area contributed by atoms with Gasteiger partial charge in [0.2, 0.25) is 5.91 Å². The summed E-state index contributed by atoms with van der Waals surface area (Å²) < 4.78 is 5.68. The number of amides is 1. The summed E-state index contributed by atoms with van der Waals surface area (Å²) in [5.74, 6) is 1.59. The van der Waals surface area contributed by atoms with Gasteiger partial charge in [-0.15, -0.1) is 24.0 Å². The molecule has 0 unspecified atom stereocenters. The van der Waals surface area contributed by atoms with Crippen LogP contribution < -0.4 is 10.6 Å². The van der Waals surface area contributed by atoms with Crippen LogP contribution in [0.1, 0.15) is 51.9 Å². The van der Waals surface area contributed by atoms with Crippen molar-refractivity contribution in [2.24, 2.45) is 10.9 Å². The second kappa shape index (κ2) is 12.7. The Morgan fingerprint density at radius 3 is 2.56 bits per heavy atom. The van der Waals surface area contributed by atoms with E-state index < -0.39 is 0 Å². The Kier molecular flexibility index (Phi) is 11.4. The van der Waals surface area contributed by atoms with Crippen molar-refractivity contribution < 1.29 is 9.53 Å². The minimum absolute atomic E-state index is 0. The number of likely N-dealkylation sites (N-methyl/N-ethyl adjacent to an activating group) is 1. The van der Waals surface area contributed by atoms with Crippen molar-refractivity contribution >= 4 is 35.8 Å². The molecule has 0 heterocycles. The molecule has 0 aromatic rings. The second-order valence-electron chi connectivity index (χ2n) is 7.01. The third kappa shape index (κ3) is 9.63. The summed E-state index contributed by atoms with van der Waals surface area (Å²) in [6, 6.07) is 0.345. The average molecular weight is 466 g/mol. The molecule has 0 saturated heterocycles. The third-order valence-corrected chi connectivity index (χ3v) is 4.66. The number of hydrogen-bond donors (Lipinski definition) is 2. The molecular formula is C18H35IN4O2. The van der Waals surface area contributed by atoms with E-state index in [1.807, 2.05) is 18.9 Å². The van der Waals surface area contributed by atoms with E-state index in [-0.39, 0.29) is 36.4 Å². The quantitative estimate of drug-likeness (QED) is 0.237. The van der Waals surface area contributed by atoms with Gasteiger partial charge in [-0.25, -0.2) is 4.99 Å². The zero-order valence-corrected chi connectivity index (χ0v) is 18.1. The van der Waals surface area contributed by atoms with Crippen LogP contribution >= 0.6 is 24.0 Å². The number of nitrogens with zero attached hydrogens (tertiary/aromatic N) is 2. The lowest BCUT2D eigenvalue weighted by Gasteiger charge is -2.23. The first-order valence-corrected chi connectivity index (χ1v) is 9.55. The first-order valence-electron chi connectivity index (χ1n) is 9.55. The molecule has 1 amide bonds. The summed E-state index contributed by atoms with van der Waals surface area (Å²) in [5, 5.41) is 6.35. The molecule has 2 N–H and O–H groups in total. The zero-order valence-electron chi connectivity index (χ0n) is 15.8. The van der Waals surface area contributed by atoms with E-state index in [1.165, 1.54) is 32.1 Å². The fourth-order valence-electron chi connectivity index (χ4n) is 2.98. The molecule has 2 saturated carbocycles. The monoisotopic (exact) mass is 466 g/mol. The Balaban J connectivity index is 0.00000312. The molecule has 2 fully saturated rings. The van der Waals surface area contributed by atoms with E-state index in [1.54, 1.807) is 0 Å². The number of aliphatic imine (C=N–C) groups is 1. The maximum absolute atomic E-state index is 12.1. The first-order chi connectivity index (χ1) is 11.7. The molecular weight excluding hydrogens is 431 g/mol. The zero-order chi connectivity index (χ0) is 17.2. The lowest BCUT2D eigenvalue weighted by atomic mass is 9.95. The number of carbonyl (C=O) groups is 1. The molecule has 2 rings (SSSR count). The van der Waals surface area contributed by atoms with Gasteiger partial charge in [0.25, 0.3) is 0 Å². The molecule has 6 nitrogen and oxygen atoms in total. The number of nitrogens with one attached hydrogen (secondary N) is 2. The van der Waals surface area contributed by atoms with Gasteiger partial charge in [0, 0.05) is 32.8 Å². The highest BCUT2D eigenvalue weighted by molar-refractivity contribution is 14.0. The maximum atomic E-state index is 12.1. The van der Waals surface area contributed by atoms with Gasteiger partial charge in [-0.3, -0.25) is 4.79 Å². The number of ether oxygens (including phenoxy) is 1. The largest absolute Gasteiger partial charge is 0.379 e. The Labute approximate surface area is 169 Å². The minimum atomic E-state index is 0. The number of hydrogen-bond acceptors (Lipinski definition) is 3. The van der Waals surface area contributed by atoms with Crippen molar-refractivity contribution in [3.63, 3.8) is 0 Å². The third-order valence-electron chi connectivity index (χ3n) is 4.66. The highest BCUT2D eigenvalue weighted by atomic mass is 127. The van der Waals surface area contributed by atoms with E-state index in [0.717, 1.165) is 44.4 Å². The maximum Gasteiger partial charge on any atom is 0.242 e. The summed E-state index contributed by atoms with van der Waals surface area (Å²) >= 11 is 0. The molecule has 0 spiro atoms. The number of halogens is 1.